The Kier molecular flexibility index (Phi) is 7.89. The second-order valence-electron chi connectivity index (χ2n) is 11.7. The fourth-order valence-electron chi connectivity index (χ4n) is 6.41. The van der Waals surface area contributed by atoms with Gasteiger partial charge < -0.3 is 24.2 Å². The van der Waals surface area contributed by atoms with Crippen molar-refractivity contribution in [1.82, 2.24) is 19.8 Å². The zero-order valence-corrected chi connectivity index (χ0v) is 25.8. The number of hydrogen-bond acceptors (Lipinski definition) is 6. The Bertz CT molecular complexity index is 1630. The summed E-state index contributed by atoms with van der Waals surface area (Å²) < 4.78 is 28.3. The molecule has 1 saturated heterocycles. The molecule has 222 valence electrons. The summed E-state index contributed by atoms with van der Waals surface area (Å²) in [5.41, 5.74) is 1.93. The SMILES string of the molecule is CC(C)[Si](Oc1c2ncccc2c(OC(=O)N2CCNC2=O)c2cn(Cc3ccc(F)cc3)c(O)c12)(C(C)C)C(C)C. The molecule has 0 bridgehead atoms. The fourth-order valence-corrected chi connectivity index (χ4v) is 11.7. The van der Waals surface area contributed by atoms with Crippen LogP contribution >= 0.6 is 0 Å². The molecule has 0 saturated carbocycles. The van der Waals surface area contributed by atoms with Crippen molar-refractivity contribution in [2.75, 3.05) is 13.1 Å². The van der Waals surface area contributed by atoms with Gasteiger partial charge in [-0.15, -0.1) is 0 Å². The number of aromatic nitrogens is 2. The van der Waals surface area contributed by atoms with Gasteiger partial charge in [0, 0.05) is 24.3 Å². The van der Waals surface area contributed by atoms with E-state index < -0.39 is 20.4 Å². The lowest BCUT2D eigenvalue weighted by Gasteiger charge is -2.42. The lowest BCUT2D eigenvalue weighted by atomic mass is 10.1. The van der Waals surface area contributed by atoms with E-state index in [1.807, 2.05) is 0 Å². The number of imide groups is 1. The highest BCUT2D eigenvalue weighted by atomic mass is 28.4. The number of rotatable bonds is 8. The highest BCUT2D eigenvalue weighted by Gasteiger charge is 2.48. The van der Waals surface area contributed by atoms with E-state index in [1.165, 1.54) is 12.1 Å². The molecule has 0 unspecified atom stereocenters. The maximum Gasteiger partial charge on any atom is 0.423 e. The monoisotopic (exact) mass is 592 g/mol. The number of nitrogens with zero attached hydrogens (tertiary/aromatic N) is 3. The van der Waals surface area contributed by atoms with E-state index in [9.17, 15) is 19.1 Å². The van der Waals surface area contributed by atoms with E-state index in [1.54, 1.807) is 41.2 Å². The van der Waals surface area contributed by atoms with Crippen LogP contribution in [0.3, 0.4) is 0 Å². The van der Waals surface area contributed by atoms with Crippen molar-refractivity contribution in [3.05, 3.63) is 60.2 Å². The summed E-state index contributed by atoms with van der Waals surface area (Å²) in [6, 6.07) is 9.03. The third-order valence-electron chi connectivity index (χ3n) is 8.31. The van der Waals surface area contributed by atoms with Crippen molar-refractivity contribution in [1.29, 1.82) is 0 Å². The van der Waals surface area contributed by atoms with E-state index in [-0.39, 0.29) is 47.2 Å². The van der Waals surface area contributed by atoms with Crippen molar-refractivity contribution in [2.45, 2.75) is 64.7 Å². The molecule has 1 fully saturated rings. The molecule has 1 aliphatic heterocycles. The van der Waals surface area contributed by atoms with Crippen molar-refractivity contribution < 1.29 is 28.2 Å². The second-order valence-corrected chi connectivity index (χ2v) is 17.1. The minimum absolute atomic E-state index is 0.0905. The molecular weight excluding hydrogens is 555 g/mol. The van der Waals surface area contributed by atoms with Crippen LogP contribution in [-0.2, 0) is 6.54 Å². The molecule has 9 nitrogen and oxygen atoms in total. The van der Waals surface area contributed by atoms with Crippen LogP contribution in [-0.4, -0.2) is 53.1 Å². The molecule has 5 rings (SSSR count). The Balaban J connectivity index is 1.78. The quantitative estimate of drug-likeness (QED) is 0.210. The summed E-state index contributed by atoms with van der Waals surface area (Å²) in [5, 5.41) is 15.7. The van der Waals surface area contributed by atoms with Crippen molar-refractivity contribution in [3.63, 3.8) is 0 Å². The van der Waals surface area contributed by atoms with Gasteiger partial charge in [0.25, 0.3) is 8.32 Å². The van der Waals surface area contributed by atoms with Crippen LogP contribution in [0.4, 0.5) is 14.0 Å². The Labute approximate surface area is 245 Å². The van der Waals surface area contributed by atoms with Crippen LogP contribution in [0.15, 0.2) is 48.8 Å². The van der Waals surface area contributed by atoms with Crippen LogP contribution in [0, 0.1) is 5.82 Å². The molecule has 4 aromatic rings. The van der Waals surface area contributed by atoms with Crippen molar-refractivity contribution in [2.24, 2.45) is 0 Å². The first-order valence-electron chi connectivity index (χ1n) is 14.3. The molecule has 42 heavy (non-hydrogen) atoms. The van der Waals surface area contributed by atoms with Gasteiger partial charge in [-0.05, 0) is 46.5 Å². The van der Waals surface area contributed by atoms with Gasteiger partial charge in [-0.3, -0.25) is 4.98 Å². The maximum absolute atomic E-state index is 13.6. The highest BCUT2D eigenvalue weighted by molar-refractivity contribution is 6.78. The molecule has 2 aromatic carbocycles. The van der Waals surface area contributed by atoms with Gasteiger partial charge in [0.1, 0.15) is 17.1 Å². The number of nitrogens with one attached hydrogen (secondary N) is 1. The summed E-state index contributed by atoms with van der Waals surface area (Å²) in [4.78, 5) is 31.1. The number of aromatic hydroxyl groups is 1. The fraction of sp³-hybridized carbons (Fsp3) is 0.387. The summed E-state index contributed by atoms with van der Waals surface area (Å²) in [6.07, 6.45) is 2.51. The maximum atomic E-state index is 13.6. The number of amides is 3. The predicted molar refractivity (Wildman–Crippen MR) is 162 cm³/mol. The molecule has 2 N–H and O–H groups in total. The van der Waals surface area contributed by atoms with Gasteiger partial charge in [-0.2, -0.15) is 0 Å². The number of ether oxygens (including phenoxy) is 1. The molecule has 3 heterocycles. The largest absolute Gasteiger partial charge is 0.541 e. The van der Waals surface area contributed by atoms with E-state index in [2.05, 4.69) is 51.8 Å². The second kappa shape index (κ2) is 11.3. The lowest BCUT2D eigenvalue weighted by molar-refractivity contribution is 0.165. The molecule has 0 spiro atoms. The Morgan fingerprint density at radius 2 is 1.71 bits per heavy atom. The first kappa shape index (κ1) is 29.4. The zero-order chi connectivity index (χ0) is 30.3. The Morgan fingerprint density at radius 1 is 1.05 bits per heavy atom. The first-order valence-corrected chi connectivity index (χ1v) is 16.4. The average Bonchev–Trinajstić information content (AvgIpc) is 3.52. The topological polar surface area (TPSA) is 106 Å². The number of pyridine rings is 1. The standard InChI is InChI=1S/C31H37FN4O5Si/c1-18(2)42(19(3)4,20(5)6)41-28-25-24(17-35(29(25)37)16-21-9-11-22(32)12-10-21)27(23-8-7-13-33-26(23)28)40-31(39)36-15-14-34-30(36)38/h7-13,17-20,37H,14-16H2,1-6H3,(H,34,38). The van der Waals surface area contributed by atoms with Gasteiger partial charge in [0.05, 0.1) is 23.9 Å². The number of urea groups is 1. The van der Waals surface area contributed by atoms with E-state index in [0.29, 0.717) is 34.0 Å². The summed E-state index contributed by atoms with van der Waals surface area (Å²) in [6.45, 7) is 13.8. The van der Waals surface area contributed by atoms with Crippen LogP contribution in [0.1, 0.15) is 47.1 Å². The third-order valence-corrected chi connectivity index (χ3v) is 14.3. The molecule has 3 amide bonds. The van der Waals surface area contributed by atoms with E-state index in [4.69, 9.17) is 9.16 Å². The Morgan fingerprint density at radius 3 is 2.31 bits per heavy atom. The first-order chi connectivity index (χ1) is 20.0. The summed E-state index contributed by atoms with van der Waals surface area (Å²) in [5.74, 6) is 0.167. The van der Waals surface area contributed by atoms with Crippen LogP contribution < -0.4 is 14.5 Å². The normalized spacial score (nSPS) is 14.0. The number of carbonyl (C=O) groups excluding carboxylic acids is 2. The average molecular weight is 593 g/mol. The van der Waals surface area contributed by atoms with E-state index >= 15 is 0 Å². The van der Waals surface area contributed by atoms with Crippen molar-refractivity contribution in [3.8, 4) is 17.4 Å². The van der Waals surface area contributed by atoms with Crippen LogP contribution in [0.25, 0.3) is 21.7 Å². The molecule has 0 atom stereocenters. The number of carbonyl (C=O) groups is 2. The molecule has 1 aliphatic rings. The van der Waals surface area contributed by atoms with E-state index in [0.717, 1.165) is 10.5 Å². The number of halogens is 1. The lowest BCUT2D eigenvalue weighted by Crippen LogP contribution is -2.50. The third kappa shape index (κ3) is 4.95. The van der Waals surface area contributed by atoms with Crippen LogP contribution in [0.5, 0.6) is 17.4 Å². The molecule has 2 aromatic heterocycles. The van der Waals surface area contributed by atoms with Gasteiger partial charge in [-0.1, -0.05) is 53.7 Å². The predicted octanol–water partition coefficient (Wildman–Crippen LogP) is 7.16. The molecular formula is C31H37FN4O5Si. The van der Waals surface area contributed by atoms with Gasteiger partial charge in [0.15, 0.2) is 5.75 Å². The minimum atomic E-state index is -2.55. The summed E-state index contributed by atoms with van der Waals surface area (Å²) >= 11 is 0. The number of benzene rings is 2. The van der Waals surface area contributed by atoms with Gasteiger partial charge >= 0.3 is 12.1 Å². The van der Waals surface area contributed by atoms with Crippen LogP contribution in [0.2, 0.25) is 16.6 Å². The summed E-state index contributed by atoms with van der Waals surface area (Å²) in [7, 11) is -2.55. The smallest absolute Gasteiger partial charge is 0.423 e. The Hall–Kier alpha value is -4.12. The molecule has 0 radical (unpaired) electrons. The highest BCUT2D eigenvalue weighted by Crippen LogP contribution is 2.51. The van der Waals surface area contributed by atoms with Crippen molar-refractivity contribution >= 4 is 42.1 Å². The number of fused-ring (bicyclic) bond motifs is 2. The molecule has 0 aliphatic carbocycles. The minimum Gasteiger partial charge on any atom is -0.541 e. The number of hydrogen-bond donors (Lipinski definition) is 2. The van der Waals surface area contributed by atoms with Gasteiger partial charge in [-0.25, -0.2) is 18.9 Å². The zero-order valence-electron chi connectivity index (χ0n) is 24.8. The van der Waals surface area contributed by atoms with Gasteiger partial charge in [0.2, 0.25) is 5.88 Å². The molecule has 11 heteroatoms.